The van der Waals surface area contributed by atoms with E-state index < -0.39 is 0 Å². The van der Waals surface area contributed by atoms with Crippen LogP contribution in [-0.2, 0) is 4.79 Å². The van der Waals surface area contributed by atoms with Gasteiger partial charge in [0.1, 0.15) is 5.52 Å². The minimum Gasteiger partial charge on any atom is -0.337 e. The first-order chi connectivity index (χ1) is 13.2. The molecule has 1 atom stereocenters. The smallest absolute Gasteiger partial charge is 0.237 e. The molecule has 7 heteroatoms. The summed E-state index contributed by atoms with van der Waals surface area (Å²) in [5.41, 5.74) is 2.49. The Bertz CT molecular complexity index is 752. The number of pyridine rings is 1. The number of hydrogen-bond donors (Lipinski definition) is 1. The van der Waals surface area contributed by atoms with E-state index in [2.05, 4.69) is 39.0 Å². The Kier molecular flexibility index (Phi) is 6.68. The van der Waals surface area contributed by atoms with E-state index in [-0.39, 0.29) is 11.9 Å². The molecule has 0 saturated carbocycles. The lowest BCUT2D eigenvalue weighted by Crippen LogP contribution is -2.44. The molecule has 27 heavy (non-hydrogen) atoms. The summed E-state index contributed by atoms with van der Waals surface area (Å²) in [6.07, 6.45) is 7.22. The van der Waals surface area contributed by atoms with Crippen molar-refractivity contribution in [3.05, 3.63) is 30.2 Å². The predicted molar refractivity (Wildman–Crippen MR) is 106 cm³/mol. The number of carbonyl (C=O) groups excluding carboxylic acids is 1. The molecule has 0 aliphatic carbocycles. The molecule has 1 amide bonds. The molecule has 1 N–H and O–H groups in total. The van der Waals surface area contributed by atoms with Gasteiger partial charge in [-0.25, -0.2) is 9.97 Å². The molecule has 0 spiro atoms. The molecular formula is C20H30N6O. The molecule has 2 aromatic rings. The summed E-state index contributed by atoms with van der Waals surface area (Å²) < 4.78 is 0. The molecule has 2 aromatic heterocycles. The Morgan fingerprint density at radius 3 is 2.52 bits per heavy atom. The van der Waals surface area contributed by atoms with Gasteiger partial charge in [-0.1, -0.05) is 13.8 Å². The fourth-order valence-corrected chi connectivity index (χ4v) is 3.98. The van der Waals surface area contributed by atoms with Gasteiger partial charge in [0.2, 0.25) is 5.91 Å². The molecule has 0 radical (unpaired) electrons. The van der Waals surface area contributed by atoms with Gasteiger partial charge in [-0.3, -0.25) is 14.7 Å². The minimum absolute atomic E-state index is 0.0163. The molecule has 0 aromatic carbocycles. The number of hydrogen-bond acceptors (Lipinski definition) is 6. The second kappa shape index (κ2) is 9.19. The van der Waals surface area contributed by atoms with Crippen molar-refractivity contribution < 1.29 is 4.79 Å². The van der Waals surface area contributed by atoms with Gasteiger partial charge < -0.3 is 10.2 Å². The van der Waals surface area contributed by atoms with Crippen LogP contribution < -0.4 is 5.32 Å². The second-order valence-corrected chi connectivity index (χ2v) is 7.13. The molecule has 0 bridgehead atoms. The number of fused-ring (bicyclic) bond motifs is 1. The topological polar surface area (TPSA) is 74.2 Å². The van der Waals surface area contributed by atoms with Crippen molar-refractivity contribution in [2.45, 2.75) is 32.7 Å². The number of amides is 1. The van der Waals surface area contributed by atoms with E-state index in [4.69, 9.17) is 0 Å². The highest BCUT2D eigenvalue weighted by Crippen LogP contribution is 2.35. The van der Waals surface area contributed by atoms with Crippen molar-refractivity contribution in [3.8, 4) is 0 Å². The first-order valence-corrected chi connectivity index (χ1v) is 9.90. The summed E-state index contributed by atoms with van der Waals surface area (Å²) in [5.74, 6) is 0.542. The average molecular weight is 371 g/mol. The molecule has 146 valence electrons. The summed E-state index contributed by atoms with van der Waals surface area (Å²) in [4.78, 5) is 30.4. The lowest BCUT2D eigenvalue weighted by molar-refractivity contribution is -0.134. The third-order valence-corrected chi connectivity index (χ3v) is 5.62. The third kappa shape index (κ3) is 4.42. The number of nitrogens with one attached hydrogen (secondary N) is 1. The van der Waals surface area contributed by atoms with E-state index in [1.165, 1.54) is 0 Å². The zero-order valence-corrected chi connectivity index (χ0v) is 16.6. The standard InChI is InChI=1S/C20H30N6O/c1-4-26(5-2)14-17(27)25(3)19(15-6-9-21-10-7-15)16-8-11-23-20-18(16)22-12-13-24-20/h8,11-13,15,19,21H,4-7,9-10,14H2,1-3H3. The van der Waals surface area contributed by atoms with Crippen LogP contribution in [0, 0.1) is 5.92 Å². The Hall–Kier alpha value is -2.12. The molecule has 7 nitrogen and oxygen atoms in total. The van der Waals surface area contributed by atoms with Gasteiger partial charge in [0, 0.05) is 31.2 Å². The highest BCUT2D eigenvalue weighted by molar-refractivity contribution is 5.80. The molecular weight excluding hydrogens is 340 g/mol. The third-order valence-electron chi connectivity index (χ3n) is 5.62. The molecule has 1 saturated heterocycles. The first-order valence-electron chi connectivity index (χ1n) is 9.90. The Labute approximate surface area is 161 Å². The zero-order valence-electron chi connectivity index (χ0n) is 16.6. The maximum atomic E-state index is 13.1. The molecule has 1 aliphatic rings. The van der Waals surface area contributed by atoms with Gasteiger partial charge in [-0.2, -0.15) is 0 Å². The van der Waals surface area contributed by atoms with Gasteiger partial charge in [0.25, 0.3) is 0 Å². The Balaban J connectivity index is 1.96. The van der Waals surface area contributed by atoms with Crippen molar-refractivity contribution >= 4 is 17.1 Å². The van der Waals surface area contributed by atoms with Gasteiger partial charge in [0.05, 0.1) is 12.6 Å². The normalized spacial score (nSPS) is 16.6. The van der Waals surface area contributed by atoms with Crippen molar-refractivity contribution in [1.29, 1.82) is 0 Å². The van der Waals surface area contributed by atoms with Crippen molar-refractivity contribution in [2.24, 2.45) is 5.92 Å². The van der Waals surface area contributed by atoms with E-state index in [0.717, 1.165) is 50.1 Å². The lowest BCUT2D eigenvalue weighted by Gasteiger charge is -2.38. The Morgan fingerprint density at radius 1 is 1.15 bits per heavy atom. The van der Waals surface area contributed by atoms with E-state index in [0.29, 0.717) is 18.1 Å². The molecule has 1 aliphatic heterocycles. The van der Waals surface area contributed by atoms with Gasteiger partial charge in [-0.05, 0) is 51.0 Å². The van der Waals surface area contributed by atoms with Crippen LogP contribution >= 0.6 is 0 Å². The van der Waals surface area contributed by atoms with Crippen LogP contribution in [0.3, 0.4) is 0 Å². The quantitative estimate of drug-likeness (QED) is 0.802. The molecule has 3 heterocycles. The molecule has 3 rings (SSSR count). The summed E-state index contributed by atoms with van der Waals surface area (Å²) in [6.45, 7) is 8.33. The highest BCUT2D eigenvalue weighted by atomic mass is 16.2. The largest absolute Gasteiger partial charge is 0.337 e. The lowest BCUT2D eigenvalue weighted by atomic mass is 9.84. The molecule has 1 fully saturated rings. The fourth-order valence-electron chi connectivity index (χ4n) is 3.98. The number of aromatic nitrogens is 3. The van der Waals surface area contributed by atoms with Crippen molar-refractivity contribution in [3.63, 3.8) is 0 Å². The van der Waals surface area contributed by atoms with Crippen molar-refractivity contribution in [2.75, 3.05) is 39.8 Å². The maximum absolute atomic E-state index is 13.1. The van der Waals surface area contributed by atoms with Crippen LogP contribution in [0.15, 0.2) is 24.7 Å². The number of piperidine rings is 1. The first kappa shape index (κ1) is 19.6. The number of nitrogens with zero attached hydrogens (tertiary/aromatic N) is 5. The van der Waals surface area contributed by atoms with Gasteiger partial charge >= 0.3 is 0 Å². The fraction of sp³-hybridized carbons (Fsp3) is 0.600. The van der Waals surface area contributed by atoms with E-state index in [9.17, 15) is 4.79 Å². The van der Waals surface area contributed by atoms with E-state index in [1.54, 1.807) is 18.6 Å². The summed E-state index contributed by atoms with van der Waals surface area (Å²) >= 11 is 0. The maximum Gasteiger partial charge on any atom is 0.237 e. The van der Waals surface area contributed by atoms with Crippen LogP contribution in [0.2, 0.25) is 0 Å². The highest BCUT2D eigenvalue weighted by Gasteiger charge is 2.32. The van der Waals surface area contributed by atoms with E-state index >= 15 is 0 Å². The second-order valence-electron chi connectivity index (χ2n) is 7.13. The SMILES string of the molecule is CCN(CC)CC(=O)N(C)C(c1ccnc2nccnc12)C1CCNCC1. The average Bonchev–Trinajstić information content (AvgIpc) is 2.73. The van der Waals surface area contributed by atoms with Crippen molar-refractivity contribution in [1.82, 2.24) is 30.1 Å². The predicted octanol–water partition coefficient (Wildman–Crippen LogP) is 1.87. The van der Waals surface area contributed by atoms with Gasteiger partial charge in [0.15, 0.2) is 5.65 Å². The summed E-state index contributed by atoms with van der Waals surface area (Å²) in [5, 5.41) is 3.42. The zero-order chi connectivity index (χ0) is 19.2. The number of likely N-dealkylation sites (N-methyl/N-ethyl adjacent to an activating group) is 2. The summed E-state index contributed by atoms with van der Waals surface area (Å²) in [6, 6.07) is 1.99. The summed E-state index contributed by atoms with van der Waals surface area (Å²) in [7, 11) is 1.93. The van der Waals surface area contributed by atoms with Crippen LogP contribution in [0.25, 0.3) is 11.2 Å². The van der Waals surface area contributed by atoms with E-state index in [1.807, 2.05) is 18.0 Å². The van der Waals surface area contributed by atoms with Crippen LogP contribution in [0.1, 0.15) is 38.3 Å². The number of rotatable bonds is 7. The van der Waals surface area contributed by atoms with Crippen LogP contribution in [-0.4, -0.2) is 70.4 Å². The van der Waals surface area contributed by atoms with Gasteiger partial charge in [-0.15, -0.1) is 0 Å². The minimum atomic E-state index is -0.0163. The Morgan fingerprint density at radius 2 is 1.81 bits per heavy atom. The van der Waals surface area contributed by atoms with Crippen LogP contribution in [0.4, 0.5) is 0 Å². The van der Waals surface area contributed by atoms with Crippen LogP contribution in [0.5, 0.6) is 0 Å². The molecule has 1 unspecified atom stereocenters. The monoisotopic (exact) mass is 370 g/mol. The number of carbonyl (C=O) groups is 1.